The number of carboxylic acids is 1. The van der Waals surface area contributed by atoms with Crippen LogP contribution in [0.3, 0.4) is 0 Å². The number of rotatable bonds is 4. The van der Waals surface area contributed by atoms with Crippen LogP contribution in [0.4, 0.5) is 0 Å². The van der Waals surface area contributed by atoms with E-state index in [2.05, 4.69) is 0 Å². The van der Waals surface area contributed by atoms with Crippen LogP contribution in [0.25, 0.3) is 0 Å². The van der Waals surface area contributed by atoms with Crippen molar-refractivity contribution in [3.05, 3.63) is 35.9 Å². The van der Waals surface area contributed by atoms with Crippen LogP contribution in [-0.4, -0.2) is 24.7 Å². The van der Waals surface area contributed by atoms with Gasteiger partial charge in [-0.15, -0.1) is 0 Å². The first-order chi connectivity index (χ1) is 6.91. The van der Waals surface area contributed by atoms with Crippen LogP contribution in [0.1, 0.15) is 5.56 Å². The third-order valence-electron chi connectivity index (χ3n) is 1.94. The maximum atomic E-state index is 11.0. The van der Waals surface area contributed by atoms with E-state index >= 15 is 0 Å². The molecule has 0 aromatic heterocycles. The highest BCUT2D eigenvalue weighted by atomic mass is 32.2. The summed E-state index contributed by atoms with van der Waals surface area (Å²) in [6.45, 7) is 0. The van der Waals surface area contributed by atoms with Gasteiger partial charge in [0.15, 0.2) is 5.25 Å². The fraction of sp³-hybridized carbons (Fsp3) is 0.222. The number of primary sulfonamides is 1. The second-order valence-corrected chi connectivity index (χ2v) is 4.85. The highest BCUT2D eigenvalue weighted by Gasteiger charge is 2.29. The van der Waals surface area contributed by atoms with Crippen molar-refractivity contribution < 1.29 is 18.3 Å². The number of benzene rings is 1. The maximum Gasteiger partial charge on any atom is 0.323 e. The summed E-state index contributed by atoms with van der Waals surface area (Å²) in [7, 11) is -4.06. The van der Waals surface area contributed by atoms with Gasteiger partial charge in [0, 0.05) is 6.42 Å². The first kappa shape index (κ1) is 11.7. The lowest BCUT2D eigenvalue weighted by Gasteiger charge is -2.09. The molecule has 1 unspecified atom stereocenters. The van der Waals surface area contributed by atoms with E-state index in [0.29, 0.717) is 5.56 Å². The average Bonchev–Trinajstić information content (AvgIpc) is 2.13. The maximum absolute atomic E-state index is 11.0. The van der Waals surface area contributed by atoms with E-state index in [-0.39, 0.29) is 6.42 Å². The lowest BCUT2D eigenvalue weighted by atomic mass is 10.1. The minimum Gasteiger partial charge on any atom is -0.480 e. The molecule has 6 heteroatoms. The van der Waals surface area contributed by atoms with Gasteiger partial charge in [-0.2, -0.15) is 0 Å². The van der Waals surface area contributed by atoms with Gasteiger partial charge in [-0.05, 0) is 5.56 Å². The zero-order valence-electron chi connectivity index (χ0n) is 7.83. The molecular weight excluding hydrogens is 218 g/mol. The fourth-order valence-corrected chi connectivity index (χ4v) is 1.88. The Kier molecular flexibility index (Phi) is 3.43. The van der Waals surface area contributed by atoms with Gasteiger partial charge in [-0.25, -0.2) is 13.6 Å². The van der Waals surface area contributed by atoms with Crippen molar-refractivity contribution in [3.63, 3.8) is 0 Å². The number of hydrogen-bond donors (Lipinski definition) is 2. The summed E-state index contributed by atoms with van der Waals surface area (Å²) in [5, 5.41) is 11.9. The van der Waals surface area contributed by atoms with E-state index in [4.69, 9.17) is 10.2 Å². The lowest BCUT2D eigenvalue weighted by molar-refractivity contribution is -0.136. The Morgan fingerprint density at radius 3 is 2.27 bits per heavy atom. The average molecular weight is 229 g/mol. The Morgan fingerprint density at radius 1 is 1.33 bits per heavy atom. The molecule has 1 aromatic rings. The molecule has 5 nitrogen and oxygen atoms in total. The predicted molar refractivity (Wildman–Crippen MR) is 54.7 cm³/mol. The molecule has 82 valence electrons. The van der Waals surface area contributed by atoms with E-state index in [9.17, 15) is 13.2 Å². The molecule has 1 atom stereocenters. The topological polar surface area (TPSA) is 97.5 Å². The van der Waals surface area contributed by atoms with Crippen molar-refractivity contribution >= 4 is 16.0 Å². The molecule has 3 N–H and O–H groups in total. The number of aliphatic carboxylic acids is 1. The SMILES string of the molecule is NS(=O)(=O)C(Cc1ccccc1)C(=O)O. The van der Waals surface area contributed by atoms with Gasteiger partial charge >= 0.3 is 5.97 Å². The smallest absolute Gasteiger partial charge is 0.323 e. The van der Waals surface area contributed by atoms with Crippen LogP contribution in [0.15, 0.2) is 30.3 Å². The number of carboxylic acid groups (broad SMARTS) is 1. The molecule has 0 radical (unpaired) electrons. The largest absolute Gasteiger partial charge is 0.480 e. The Labute approximate surface area is 87.6 Å². The van der Waals surface area contributed by atoms with Gasteiger partial charge in [-0.3, -0.25) is 4.79 Å². The third kappa shape index (κ3) is 3.34. The van der Waals surface area contributed by atoms with Crippen molar-refractivity contribution in [2.24, 2.45) is 5.14 Å². The van der Waals surface area contributed by atoms with Gasteiger partial charge in [0.2, 0.25) is 10.0 Å². The molecule has 1 aromatic carbocycles. The molecule has 0 aliphatic heterocycles. The van der Waals surface area contributed by atoms with Crippen LogP contribution < -0.4 is 5.14 Å². The van der Waals surface area contributed by atoms with E-state index in [0.717, 1.165) is 0 Å². The summed E-state index contributed by atoms with van der Waals surface area (Å²) in [5.41, 5.74) is 0.624. The molecule has 1 rings (SSSR count). The highest BCUT2D eigenvalue weighted by molar-refractivity contribution is 7.90. The molecule has 0 heterocycles. The first-order valence-corrected chi connectivity index (χ1v) is 5.80. The Bertz CT molecular complexity index is 440. The van der Waals surface area contributed by atoms with Gasteiger partial charge in [0.25, 0.3) is 0 Å². The third-order valence-corrected chi connectivity index (χ3v) is 3.10. The summed E-state index contributed by atoms with van der Waals surface area (Å²) in [4.78, 5) is 10.7. The minimum absolute atomic E-state index is 0.116. The van der Waals surface area contributed by atoms with Crippen LogP contribution in [0.5, 0.6) is 0 Å². The summed E-state index contributed by atoms with van der Waals surface area (Å²) >= 11 is 0. The van der Waals surface area contributed by atoms with Crippen molar-refractivity contribution in [1.82, 2.24) is 0 Å². The monoisotopic (exact) mass is 229 g/mol. The van der Waals surface area contributed by atoms with Crippen LogP contribution in [0.2, 0.25) is 0 Å². The van der Waals surface area contributed by atoms with Crippen LogP contribution in [-0.2, 0) is 21.2 Å². The molecule has 0 saturated carbocycles. The molecule has 0 bridgehead atoms. The van der Waals surface area contributed by atoms with Gasteiger partial charge in [-0.1, -0.05) is 30.3 Å². The second kappa shape index (κ2) is 4.41. The quantitative estimate of drug-likeness (QED) is 0.757. The molecule has 15 heavy (non-hydrogen) atoms. The minimum atomic E-state index is -4.06. The predicted octanol–water partition coefficient (Wildman–Crippen LogP) is -0.0292. The number of nitrogens with two attached hydrogens (primary N) is 1. The molecule has 0 amide bonds. The number of hydrogen-bond acceptors (Lipinski definition) is 3. The van der Waals surface area contributed by atoms with E-state index in [1.807, 2.05) is 0 Å². The van der Waals surface area contributed by atoms with E-state index < -0.39 is 21.2 Å². The molecule has 0 aliphatic carbocycles. The Hall–Kier alpha value is -1.40. The summed E-state index contributed by atoms with van der Waals surface area (Å²) in [6, 6.07) is 8.48. The Balaban J connectivity index is 2.92. The van der Waals surface area contributed by atoms with Gasteiger partial charge in [0.05, 0.1) is 0 Å². The summed E-state index contributed by atoms with van der Waals surface area (Å²) in [6.07, 6.45) is -0.116. The van der Waals surface area contributed by atoms with Gasteiger partial charge in [0.1, 0.15) is 0 Å². The summed E-state index contributed by atoms with van der Waals surface area (Å²) < 4.78 is 21.9. The number of sulfonamides is 1. The van der Waals surface area contributed by atoms with E-state index in [1.54, 1.807) is 30.3 Å². The molecule has 0 fully saturated rings. The molecule has 0 aliphatic rings. The standard InChI is InChI=1S/C9H11NO4S/c10-15(13,14)8(9(11)12)6-7-4-2-1-3-5-7/h1-5,8H,6H2,(H,11,12)(H2,10,13,14). The highest BCUT2D eigenvalue weighted by Crippen LogP contribution is 2.08. The van der Waals surface area contributed by atoms with Crippen LogP contribution >= 0.6 is 0 Å². The first-order valence-electron chi connectivity index (χ1n) is 4.19. The van der Waals surface area contributed by atoms with E-state index in [1.165, 1.54) is 0 Å². The van der Waals surface area contributed by atoms with Crippen molar-refractivity contribution in [2.45, 2.75) is 11.7 Å². The lowest BCUT2D eigenvalue weighted by Crippen LogP contribution is -2.37. The zero-order valence-corrected chi connectivity index (χ0v) is 8.65. The molecule has 0 saturated heterocycles. The normalized spacial score (nSPS) is 13.4. The number of carbonyl (C=O) groups is 1. The zero-order chi connectivity index (χ0) is 11.5. The van der Waals surface area contributed by atoms with Crippen molar-refractivity contribution in [1.29, 1.82) is 0 Å². The molecule has 0 spiro atoms. The fourth-order valence-electron chi connectivity index (χ4n) is 1.17. The van der Waals surface area contributed by atoms with Gasteiger partial charge < -0.3 is 5.11 Å². The second-order valence-electron chi connectivity index (χ2n) is 3.11. The molecular formula is C9H11NO4S. The van der Waals surface area contributed by atoms with Crippen molar-refractivity contribution in [2.75, 3.05) is 0 Å². The summed E-state index contributed by atoms with van der Waals surface area (Å²) in [5.74, 6) is -1.43. The van der Waals surface area contributed by atoms with Crippen LogP contribution in [0, 0.1) is 0 Å². The van der Waals surface area contributed by atoms with Crippen molar-refractivity contribution in [3.8, 4) is 0 Å². The Morgan fingerprint density at radius 2 is 1.87 bits per heavy atom.